The summed E-state index contributed by atoms with van der Waals surface area (Å²) in [4.78, 5) is 22.6. The van der Waals surface area contributed by atoms with Crippen molar-refractivity contribution in [2.45, 2.75) is 111 Å². The van der Waals surface area contributed by atoms with E-state index >= 15 is 0 Å². The van der Waals surface area contributed by atoms with Gasteiger partial charge in [0.15, 0.2) is 6.29 Å². The third-order valence-corrected chi connectivity index (χ3v) is 11.1. The second kappa shape index (κ2) is 8.89. The second-order valence-corrected chi connectivity index (χ2v) is 13.7. The summed E-state index contributed by atoms with van der Waals surface area (Å²) in [6, 6.07) is 0. The Labute approximate surface area is 211 Å². The molecule has 6 fully saturated rings. The Balaban J connectivity index is 0.000000145. The molecule has 35 heavy (non-hydrogen) atoms. The first kappa shape index (κ1) is 25.3. The van der Waals surface area contributed by atoms with Gasteiger partial charge in [0.25, 0.3) is 0 Å². The lowest BCUT2D eigenvalue weighted by Crippen LogP contribution is -2.44. The van der Waals surface area contributed by atoms with Crippen molar-refractivity contribution in [2.24, 2.45) is 52.3 Å². The van der Waals surface area contributed by atoms with E-state index in [-0.39, 0.29) is 35.0 Å². The largest absolute Gasteiger partial charge is 0.459 e. The minimum Gasteiger partial charge on any atom is -0.459 e. The van der Waals surface area contributed by atoms with Crippen LogP contribution in [0.1, 0.15) is 92.9 Å². The zero-order chi connectivity index (χ0) is 25.3. The van der Waals surface area contributed by atoms with Crippen LogP contribution in [-0.4, -0.2) is 30.4 Å². The number of rotatable bonds is 5. The van der Waals surface area contributed by atoms with Crippen LogP contribution in [0.2, 0.25) is 0 Å². The fourth-order valence-electron chi connectivity index (χ4n) is 9.93. The van der Waals surface area contributed by atoms with Gasteiger partial charge in [-0.05, 0) is 117 Å². The van der Waals surface area contributed by atoms with Gasteiger partial charge < -0.3 is 14.2 Å². The summed E-state index contributed by atoms with van der Waals surface area (Å²) in [5, 5.41) is 0. The van der Waals surface area contributed by atoms with Crippen LogP contribution in [0.25, 0.3) is 0 Å². The molecule has 0 amide bonds. The van der Waals surface area contributed by atoms with Crippen LogP contribution in [0, 0.1) is 52.3 Å². The molecule has 11 unspecified atom stereocenters. The molecule has 0 aromatic rings. The van der Waals surface area contributed by atoms with Crippen LogP contribution in [-0.2, 0) is 23.8 Å². The van der Waals surface area contributed by atoms with Gasteiger partial charge in [-0.15, -0.1) is 0 Å². The highest BCUT2D eigenvalue weighted by molar-refractivity contribution is 5.87. The van der Waals surface area contributed by atoms with Crippen LogP contribution in [0.4, 0.5) is 0 Å². The molecular formula is C30H46O5. The lowest BCUT2D eigenvalue weighted by molar-refractivity contribution is -0.211. The molecule has 6 aliphatic carbocycles. The molecule has 5 nitrogen and oxygen atoms in total. The number of hydrogen-bond acceptors (Lipinski definition) is 5. The van der Waals surface area contributed by atoms with Crippen molar-refractivity contribution < 1.29 is 23.8 Å². The molecule has 5 heteroatoms. The Morgan fingerprint density at radius 1 is 0.943 bits per heavy atom. The van der Waals surface area contributed by atoms with Gasteiger partial charge in [0.2, 0.25) is 0 Å². The van der Waals surface area contributed by atoms with E-state index in [1.54, 1.807) is 6.92 Å². The van der Waals surface area contributed by atoms with Gasteiger partial charge in [0, 0.05) is 12.5 Å². The predicted molar refractivity (Wildman–Crippen MR) is 134 cm³/mol. The minimum absolute atomic E-state index is 0.174. The minimum atomic E-state index is -0.437. The van der Waals surface area contributed by atoms with E-state index in [9.17, 15) is 9.59 Å². The summed E-state index contributed by atoms with van der Waals surface area (Å²) >= 11 is 0. The number of ether oxygens (including phenoxy) is 3. The van der Waals surface area contributed by atoms with Crippen molar-refractivity contribution in [3.63, 3.8) is 0 Å². The van der Waals surface area contributed by atoms with E-state index in [2.05, 4.69) is 27.4 Å². The van der Waals surface area contributed by atoms with Crippen molar-refractivity contribution in [3.8, 4) is 0 Å². The summed E-state index contributed by atoms with van der Waals surface area (Å²) in [6.07, 6.45) is 10.6. The maximum atomic E-state index is 11.7. The van der Waals surface area contributed by atoms with Gasteiger partial charge in [0.1, 0.15) is 6.10 Å². The molecule has 0 aliphatic heterocycles. The predicted octanol–water partition coefficient (Wildman–Crippen LogP) is 6.30. The highest BCUT2D eigenvalue weighted by atomic mass is 16.7. The van der Waals surface area contributed by atoms with Crippen molar-refractivity contribution in [1.29, 1.82) is 0 Å². The van der Waals surface area contributed by atoms with Crippen LogP contribution in [0.5, 0.6) is 0 Å². The molecule has 6 saturated carbocycles. The highest BCUT2D eigenvalue weighted by Gasteiger charge is 2.63. The third kappa shape index (κ3) is 4.28. The molecule has 0 radical (unpaired) electrons. The van der Waals surface area contributed by atoms with Crippen molar-refractivity contribution in [3.05, 3.63) is 12.2 Å². The van der Waals surface area contributed by atoms with Crippen LogP contribution in [0.3, 0.4) is 0 Å². The molecular weight excluding hydrogens is 440 g/mol. The monoisotopic (exact) mass is 486 g/mol. The average molecular weight is 487 g/mol. The SMILES string of the molecule is C=C(C)C(=O)OC1CC2CC1C1C3CCC(C3)C21.CC(=O)OC(C)OC1C2(C)CCC(C2)C1(C)C. The summed E-state index contributed by atoms with van der Waals surface area (Å²) in [5.74, 6) is 5.71. The summed E-state index contributed by atoms with van der Waals surface area (Å²) in [6.45, 7) is 15.6. The van der Waals surface area contributed by atoms with Gasteiger partial charge in [-0.2, -0.15) is 0 Å². The second-order valence-electron chi connectivity index (χ2n) is 13.7. The standard InChI is InChI=1S/C16H22O2.C14H24O3/c1-8(2)16(17)18-13-7-11-6-12(13)15-10-4-3-9(5-10)14(11)15;1-9(15)16-10(2)17-12-13(3,4)11-6-7-14(12,5)8-11/h9-15H,1,3-7H2,2H3;10-12H,6-8H2,1-5H3. The Hall–Kier alpha value is -1.36. The first-order valence-electron chi connectivity index (χ1n) is 14.1. The van der Waals surface area contributed by atoms with Crippen molar-refractivity contribution in [2.75, 3.05) is 0 Å². The Morgan fingerprint density at radius 2 is 1.63 bits per heavy atom. The van der Waals surface area contributed by atoms with Gasteiger partial charge in [-0.3, -0.25) is 4.79 Å². The van der Waals surface area contributed by atoms with E-state index in [0.29, 0.717) is 11.5 Å². The van der Waals surface area contributed by atoms with E-state index in [4.69, 9.17) is 14.2 Å². The number of esters is 2. The number of carbonyl (C=O) groups excluding carboxylic acids is 2. The Kier molecular flexibility index (Phi) is 6.42. The van der Waals surface area contributed by atoms with Gasteiger partial charge >= 0.3 is 11.9 Å². The van der Waals surface area contributed by atoms with E-state index in [1.807, 2.05) is 6.92 Å². The molecule has 0 heterocycles. The molecule has 6 aliphatic rings. The lowest BCUT2D eigenvalue weighted by Gasteiger charge is -2.43. The normalized spacial score (nSPS) is 46.1. The summed E-state index contributed by atoms with van der Waals surface area (Å²) in [7, 11) is 0. The Morgan fingerprint density at radius 3 is 2.23 bits per heavy atom. The molecule has 6 bridgehead atoms. The maximum absolute atomic E-state index is 11.7. The van der Waals surface area contributed by atoms with Crippen LogP contribution >= 0.6 is 0 Å². The average Bonchev–Trinajstić information content (AvgIpc) is 3.57. The lowest BCUT2D eigenvalue weighted by atomic mass is 9.70. The smallest absolute Gasteiger partial charge is 0.333 e. The van der Waals surface area contributed by atoms with Crippen molar-refractivity contribution >= 4 is 11.9 Å². The maximum Gasteiger partial charge on any atom is 0.333 e. The molecule has 0 N–H and O–H groups in total. The first-order valence-corrected chi connectivity index (χ1v) is 14.1. The quantitative estimate of drug-likeness (QED) is 0.197. The fraction of sp³-hybridized carbons (Fsp3) is 0.867. The fourth-order valence-corrected chi connectivity index (χ4v) is 9.93. The zero-order valence-corrected chi connectivity index (χ0v) is 22.7. The van der Waals surface area contributed by atoms with Gasteiger partial charge in [-0.25, -0.2) is 4.79 Å². The molecule has 0 aromatic heterocycles. The number of carbonyl (C=O) groups is 2. The van der Waals surface area contributed by atoms with Crippen LogP contribution in [0.15, 0.2) is 12.2 Å². The summed E-state index contributed by atoms with van der Waals surface area (Å²) < 4.78 is 16.8. The van der Waals surface area contributed by atoms with E-state index in [0.717, 1.165) is 41.9 Å². The third-order valence-electron chi connectivity index (χ3n) is 11.1. The van der Waals surface area contributed by atoms with E-state index in [1.165, 1.54) is 51.9 Å². The number of fused-ring (bicyclic) bond motifs is 11. The van der Waals surface area contributed by atoms with Crippen molar-refractivity contribution in [1.82, 2.24) is 0 Å². The molecule has 0 aromatic carbocycles. The molecule has 196 valence electrons. The summed E-state index contributed by atoms with van der Waals surface area (Å²) in [5.41, 5.74) is 1.01. The Bertz CT molecular complexity index is 873. The molecule has 6 rings (SSSR count). The molecule has 0 saturated heterocycles. The van der Waals surface area contributed by atoms with Gasteiger partial charge in [0.05, 0.1) is 6.10 Å². The molecule has 11 atom stereocenters. The topological polar surface area (TPSA) is 61.8 Å². The highest BCUT2D eigenvalue weighted by Crippen LogP contribution is 2.68. The number of hydrogen-bond donors (Lipinski definition) is 0. The molecule has 0 spiro atoms. The first-order chi connectivity index (χ1) is 16.4. The van der Waals surface area contributed by atoms with Crippen LogP contribution < -0.4 is 0 Å². The van der Waals surface area contributed by atoms with E-state index < -0.39 is 6.29 Å². The zero-order valence-electron chi connectivity index (χ0n) is 22.7. The van der Waals surface area contributed by atoms with Gasteiger partial charge in [-0.1, -0.05) is 27.4 Å².